The van der Waals surface area contributed by atoms with E-state index >= 15 is 0 Å². The predicted octanol–water partition coefficient (Wildman–Crippen LogP) is 3.46. The quantitative estimate of drug-likeness (QED) is 0.123. The van der Waals surface area contributed by atoms with Crippen molar-refractivity contribution >= 4 is 52.5 Å². The highest BCUT2D eigenvalue weighted by Gasteiger charge is 2.46. The molecule has 5 amide bonds. The van der Waals surface area contributed by atoms with Gasteiger partial charge in [-0.1, -0.05) is 0 Å². The van der Waals surface area contributed by atoms with E-state index in [4.69, 9.17) is 9.47 Å². The first kappa shape index (κ1) is 42.4. The molecule has 4 aromatic rings. The molecule has 1 unspecified atom stereocenters. The van der Waals surface area contributed by atoms with Crippen molar-refractivity contribution < 1.29 is 42.2 Å². The summed E-state index contributed by atoms with van der Waals surface area (Å²) in [5.41, 5.74) is 0.327. The summed E-state index contributed by atoms with van der Waals surface area (Å²) in [5, 5.41) is 16.5. The highest BCUT2D eigenvalue weighted by atomic mass is 19.3. The fourth-order valence-electron chi connectivity index (χ4n) is 9.32. The fourth-order valence-corrected chi connectivity index (χ4v) is 9.32. The third kappa shape index (κ3) is 8.99. The van der Waals surface area contributed by atoms with Gasteiger partial charge in [0.05, 0.1) is 48.4 Å². The lowest BCUT2D eigenvalue weighted by atomic mass is 9.85. The Kier molecular flexibility index (Phi) is 12.4. The largest absolute Gasteiger partial charge is 0.378 e. The molecule has 0 spiro atoms. The molecule has 0 aromatic carbocycles. The van der Waals surface area contributed by atoms with E-state index in [0.29, 0.717) is 63.3 Å². The minimum absolute atomic E-state index is 0.0206. The Balaban J connectivity index is 0.702. The number of imide groups is 2. The fraction of sp³-hybridized carbons (Fsp3) is 0.548. The van der Waals surface area contributed by atoms with Gasteiger partial charge in [0, 0.05) is 70.9 Å². The Bertz CT molecular complexity index is 2370. The van der Waals surface area contributed by atoms with Gasteiger partial charge in [-0.3, -0.25) is 38.9 Å². The van der Waals surface area contributed by atoms with E-state index in [1.807, 2.05) is 6.07 Å². The summed E-state index contributed by atoms with van der Waals surface area (Å²) in [5.74, 6) is -1.42. The van der Waals surface area contributed by atoms with Crippen LogP contribution in [0.15, 0.2) is 36.9 Å². The second-order valence-corrected chi connectivity index (χ2v) is 16.7. The molecule has 21 heteroatoms. The second kappa shape index (κ2) is 18.4. The van der Waals surface area contributed by atoms with Gasteiger partial charge in [-0.15, -0.1) is 0 Å². The lowest BCUT2D eigenvalue weighted by Crippen LogP contribution is -2.54. The van der Waals surface area contributed by atoms with Gasteiger partial charge in [0.15, 0.2) is 11.3 Å². The number of halogens is 2. The zero-order valence-electron chi connectivity index (χ0n) is 34.7. The molecule has 4 fully saturated rings. The van der Waals surface area contributed by atoms with Gasteiger partial charge in [-0.2, -0.15) is 10.2 Å². The summed E-state index contributed by atoms with van der Waals surface area (Å²) in [6, 6.07) is 2.19. The van der Waals surface area contributed by atoms with E-state index in [1.54, 1.807) is 10.9 Å². The Morgan fingerprint density at radius 3 is 2.54 bits per heavy atom. The number of hydrogen-bond acceptors (Lipinski definition) is 14. The molecule has 4 aromatic heterocycles. The molecule has 5 aliphatic rings. The van der Waals surface area contributed by atoms with Crippen molar-refractivity contribution in [1.82, 2.24) is 44.5 Å². The van der Waals surface area contributed by atoms with Crippen molar-refractivity contribution in [3.8, 4) is 0 Å². The van der Waals surface area contributed by atoms with Crippen molar-refractivity contribution in [2.75, 3.05) is 74.6 Å². The van der Waals surface area contributed by atoms with Crippen molar-refractivity contribution in [3.05, 3.63) is 59.3 Å². The lowest BCUT2D eigenvalue weighted by Gasteiger charge is -2.36. The number of carbonyl (C=O) groups is 5. The van der Waals surface area contributed by atoms with E-state index in [9.17, 15) is 32.8 Å². The third-order valence-corrected chi connectivity index (χ3v) is 12.7. The van der Waals surface area contributed by atoms with Crippen LogP contribution < -0.4 is 20.9 Å². The molecule has 63 heavy (non-hydrogen) atoms. The summed E-state index contributed by atoms with van der Waals surface area (Å²) >= 11 is 0. The number of ether oxygens (including phenoxy) is 2. The van der Waals surface area contributed by atoms with Crippen LogP contribution in [-0.4, -0.2) is 140 Å². The molecule has 0 bridgehead atoms. The van der Waals surface area contributed by atoms with E-state index in [-0.39, 0.29) is 53.2 Å². The maximum Gasteiger partial charge on any atom is 0.284 e. The number of piperidine rings is 2. The number of rotatable bonds is 14. The van der Waals surface area contributed by atoms with Crippen LogP contribution in [0.1, 0.15) is 107 Å². The zero-order valence-corrected chi connectivity index (χ0v) is 34.7. The molecule has 4 aliphatic heterocycles. The minimum Gasteiger partial charge on any atom is -0.378 e. The molecular formula is C42H50F2N12O7. The van der Waals surface area contributed by atoms with Crippen LogP contribution in [0.25, 0.3) is 5.65 Å². The zero-order chi connectivity index (χ0) is 43.6. The van der Waals surface area contributed by atoms with Crippen LogP contribution >= 0.6 is 0 Å². The van der Waals surface area contributed by atoms with Gasteiger partial charge in [0.1, 0.15) is 23.2 Å². The number of fused-ring (bicyclic) bond motifs is 2. The summed E-state index contributed by atoms with van der Waals surface area (Å²) in [6.45, 7) is 6.26. The van der Waals surface area contributed by atoms with Crippen LogP contribution in [0.4, 0.5) is 26.1 Å². The number of nitrogens with zero attached hydrogens (tertiary/aromatic N) is 9. The van der Waals surface area contributed by atoms with Gasteiger partial charge in [-0.05, 0) is 69.4 Å². The Morgan fingerprint density at radius 1 is 0.984 bits per heavy atom. The van der Waals surface area contributed by atoms with Gasteiger partial charge in [-0.25, -0.2) is 23.3 Å². The number of alkyl halides is 2. The van der Waals surface area contributed by atoms with E-state index < -0.39 is 47.7 Å². The molecule has 8 heterocycles. The van der Waals surface area contributed by atoms with Crippen LogP contribution in [0, 0.1) is 5.92 Å². The Morgan fingerprint density at radius 2 is 1.78 bits per heavy atom. The van der Waals surface area contributed by atoms with Gasteiger partial charge in [0.2, 0.25) is 11.8 Å². The number of aromatic nitrogens is 6. The third-order valence-electron chi connectivity index (χ3n) is 12.7. The molecule has 3 saturated heterocycles. The first-order valence-corrected chi connectivity index (χ1v) is 21.7. The summed E-state index contributed by atoms with van der Waals surface area (Å²) < 4.78 is 43.2. The van der Waals surface area contributed by atoms with Crippen molar-refractivity contribution in [2.45, 2.75) is 82.4 Å². The standard InChI is InChI=1S/C42H50F2N12O7/c43-36(44)35-30(48-39(58)29-22-47-54-16-11-32(49-38(29)54)53-17-20-62-21-18-53)24-55(51-35)26-4-2-25(3-5-26)23-52-14-9-27(10-15-52)63-19-1-12-45-37-34-28(8-13-46-37)41(60)56(42(34)61)31-6-7-33(57)50-40(31)59/h8,11,13,16,22,24-27,31,36H,1-7,9-10,12,14-15,17-21,23H2,(H,45,46)(H,48,58)(H,50,57,59)/t25-,26-,31?. The van der Waals surface area contributed by atoms with Crippen LogP contribution in [0.2, 0.25) is 0 Å². The van der Waals surface area contributed by atoms with E-state index in [2.05, 4.69) is 45.9 Å². The highest BCUT2D eigenvalue weighted by molar-refractivity contribution is 6.25. The van der Waals surface area contributed by atoms with E-state index in [0.717, 1.165) is 63.1 Å². The van der Waals surface area contributed by atoms with E-state index in [1.165, 1.54) is 29.2 Å². The number of carbonyl (C=O) groups excluding carboxylic acids is 5. The monoisotopic (exact) mass is 872 g/mol. The number of amides is 5. The molecule has 1 aliphatic carbocycles. The second-order valence-electron chi connectivity index (χ2n) is 16.7. The normalized spacial score (nSPS) is 22.6. The summed E-state index contributed by atoms with van der Waals surface area (Å²) in [7, 11) is 0. The maximum atomic E-state index is 14.2. The molecule has 3 N–H and O–H groups in total. The number of likely N-dealkylation sites (tertiary alicyclic amines) is 1. The number of pyridine rings is 1. The van der Waals surface area contributed by atoms with Crippen molar-refractivity contribution in [2.24, 2.45) is 5.92 Å². The molecular weight excluding hydrogens is 823 g/mol. The number of anilines is 3. The molecule has 334 valence electrons. The average Bonchev–Trinajstić information content (AvgIpc) is 3.99. The first-order valence-electron chi connectivity index (χ1n) is 21.7. The minimum atomic E-state index is -2.87. The number of nitrogens with one attached hydrogen (secondary N) is 3. The Hall–Kier alpha value is -5.93. The molecule has 9 rings (SSSR count). The van der Waals surface area contributed by atoms with Crippen LogP contribution in [0.3, 0.4) is 0 Å². The van der Waals surface area contributed by atoms with Gasteiger partial charge in [0.25, 0.3) is 24.1 Å². The molecule has 1 atom stereocenters. The molecule has 1 saturated carbocycles. The Labute approximate surface area is 360 Å². The van der Waals surface area contributed by atoms with Crippen LogP contribution in [0.5, 0.6) is 0 Å². The van der Waals surface area contributed by atoms with Gasteiger partial charge < -0.3 is 29.9 Å². The predicted molar refractivity (Wildman–Crippen MR) is 222 cm³/mol. The van der Waals surface area contributed by atoms with Crippen molar-refractivity contribution in [1.29, 1.82) is 0 Å². The first-order chi connectivity index (χ1) is 30.6. The smallest absolute Gasteiger partial charge is 0.284 e. The molecule has 0 radical (unpaired) electrons. The number of morpholine rings is 1. The van der Waals surface area contributed by atoms with Gasteiger partial charge >= 0.3 is 0 Å². The highest BCUT2D eigenvalue weighted by Crippen LogP contribution is 2.36. The maximum absolute atomic E-state index is 14.2. The number of hydrogen-bond donors (Lipinski definition) is 3. The SMILES string of the molecule is O=C1CCC(N2C(=O)c3ccnc(NCCCOC4CCN(C[C@H]5CC[C@H](n6cc(NC(=O)c7cnn8ccc(N9CCOCC9)nc78)c(C(F)F)n6)CC5)CC4)c3C2=O)C(=O)N1. The molecule has 19 nitrogen and oxygen atoms in total. The lowest BCUT2D eigenvalue weighted by molar-refractivity contribution is -0.136. The topological polar surface area (TPSA) is 211 Å². The average molecular weight is 873 g/mol. The van der Waals surface area contributed by atoms with Crippen molar-refractivity contribution in [3.63, 3.8) is 0 Å². The summed E-state index contributed by atoms with van der Waals surface area (Å²) in [4.78, 5) is 78.3. The summed E-state index contributed by atoms with van der Waals surface area (Å²) in [6.07, 6.45) is 9.40. The van der Waals surface area contributed by atoms with Crippen LogP contribution in [-0.2, 0) is 19.1 Å².